The first-order valence-electron chi connectivity index (χ1n) is 5.46. The number of hydrogen-bond donors (Lipinski definition) is 1. The SMILES string of the molecule is O=C(c1cccc(Br)c1)C1COCCN1C(=O)O. The highest BCUT2D eigenvalue weighted by molar-refractivity contribution is 9.10. The van der Waals surface area contributed by atoms with Gasteiger partial charge in [0.1, 0.15) is 6.04 Å². The van der Waals surface area contributed by atoms with Crippen LogP contribution in [-0.2, 0) is 4.74 Å². The summed E-state index contributed by atoms with van der Waals surface area (Å²) in [4.78, 5) is 24.5. The van der Waals surface area contributed by atoms with Gasteiger partial charge in [0.05, 0.1) is 13.2 Å². The summed E-state index contributed by atoms with van der Waals surface area (Å²) in [5, 5.41) is 9.07. The number of amides is 1. The van der Waals surface area contributed by atoms with Crippen LogP contribution in [0.25, 0.3) is 0 Å². The number of carboxylic acid groups (broad SMARTS) is 1. The normalized spacial score (nSPS) is 19.6. The van der Waals surface area contributed by atoms with Crippen LogP contribution in [-0.4, -0.2) is 47.7 Å². The highest BCUT2D eigenvalue weighted by Crippen LogP contribution is 2.17. The smallest absolute Gasteiger partial charge is 0.408 e. The Balaban J connectivity index is 2.23. The number of halogens is 1. The standard InChI is InChI=1S/C12H12BrNO4/c13-9-3-1-2-8(6-9)11(15)10-7-18-5-4-14(10)12(16)17/h1-3,6,10H,4-5,7H2,(H,16,17). The number of ether oxygens (including phenoxy) is 1. The molecule has 1 amide bonds. The molecule has 5 nitrogen and oxygen atoms in total. The largest absolute Gasteiger partial charge is 0.465 e. The lowest BCUT2D eigenvalue weighted by Crippen LogP contribution is -2.52. The number of Topliss-reactive ketones (excluding diaryl/α,β-unsaturated/α-hetero) is 1. The predicted molar refractivity (Wildman–Crippen MR) is 67.8 cm³/mol. The van der Waals surface area contributed by atoms with Crippen molar-refractivity contribution in [1.82, 2.24) is 4.90 Å². The topological polar surface area (TPSA) is 66.8 Å². The van der Waals surface area contributed by atoms with Gasteiger partial charge in [0.2, 0.25) is 0 Å². The average molecular weight is 314 g/mol. The fraction of sp³-hybridized carbons (Fsp3) is 0.333. The maximum atomic E-state index is 12.3. The second-order valence-electron chi connectivity index (χ2n) is 3.94. The van der Waals surface area contributed by atoms with Gasteiger partial charge in [-0.3, -0.25) is 9.69 Å². The van der Waals surface area contributed by atoms with Gasteiger partial charge in [-0.05, 0) is 12.1 Å². The molecule has 2 rings (SSSR count). The summed E-state index contributed by atoms with van der Waals surface area (Å²) in [6, 6.07) is 6.14. The number of morpholine rings is 1. The fourth-order valence-corrected chi connectivity index (χ4v) is 2.28. The van der Waals surface area contributed by atoms with Crippen molar-refractivity contribution in [2.24, 2.45) is 0 Å². The molecule has 18 heavy (non-hydrogen) atoms. The number of ketones is 1. The number of nitrogens with zero attached hydrogens (tertiary/aromatic N) is 1. The molecular weight excluding hydrogens is 302 g/mol. The third-order valence-corrected chi connectivity index (χ3v) is 3.28. The number of carbonyl (C=O) groups excluding carboxylic acids is 1. The first kappa shape index (κ1) is 13.0. The summed E-state index contributed by atoms with van der Waals surface area (Å²) in [5.41, 5.74) is 0.478. The van der Waals surface area contributed by atoms with Gasteiger partial charge in [-0.25, -0.2) is 4.79 Å². The molecule has 0 saturated carbocycles. The minimum Gasteiger partial charge on any atom is -0.465 e. The van der Waals surface area contributed by atoms with Crippen molar-refractivity contribution in [2.75, 3.05) is 19.8 Å². The Labute approximate surface area is 112 Å². The minimum atomic E-state index is -1.09. The third kappa shape index (κ3) is 2.70. The molecule has 1 N–H and O–H groups in total. The maximum absolute atomic E-state index is 12.3. The summed E-state index contributed by atoms with van der Waals surface area (Å²) in [7, 11) is 0. The Morgan fingerprint density at radius 3 is 2.89 bits per heavy atom. The summed E-state index contributed by atoms with van der Waals surface area (Å²) in [5.74, 6) is -0.238. The molecule has 1 heterocycles. The lowest BCUT2D eigenvalue weighted by molar-refractivity contribution is 0.00423. The Morgan fingerprint density at radius 1 is 1.44 bits per heavy atom. The summed E-state index contributed by atoms with van der Waals surface area (Å²) in [6.45, 7) is 0.659. The van der Waals surface area contributed by atoms with E-state index >= 15 is 0 Å². The average Bonchev–Trinajstić information content (AvgIpc) is 2.38. The molecule has 1 aliphatic rings. The van der Waals surface area contributed by atoms with Crippen molar-refractivity contribution in [1.29, 1.82) is 0 Å². The monoisotopic (exact) mass is 313 g/mol. The van der Waals surface area contributed by atoms with Crippen molar-refractivity contribution in [3.05, 3.63) is 34.3 Å². The molecule has 1 aliphatic heterocycles. The molecule has 96 valence electrons. The second kappa shape index (κ2) is 5.49. The van der Waals surface area contributed by atoms with Crippen LogP contribution in [0.3, 0.4) is 0 Å². The Morgan fingerprint density at radius 2 is 2.22 bits per heavy atom. The molecule has 0 spiro atoms. The highest BCUT2D eigenvalue weighted by Gasteiger charge is 2.33. The van der Waals surface area contributed by atoms with E-state index in [9.17, 15) is 9.59 Å². The first-order valence-corrected chi connectivity index (χ1v) is 6.26. The number of rotatable bonds is 2. The van der Waals surface area contributed by atoms with Gasteiger partial charge in [-0.1, -0.05) is 28.1 Å². The Kier molecular flexibility index (Phi) is 3.98. The predicted octanol–water partition coefficient (Wildman–Crippen LogP) is 2.01. The van der Waals surface area contributed by atoms with Gasteiger partial charge < -0.3 is 9.84 Å². The zero-order valence-corrected chi connectivity index (χ0v) is 11.1. The van der Waals surface area contributed by atoms with Crippen LogP contribution < -0.4 is 0 Å². The number of hydrogen-bond acceptors (Lipinski definition) is 3. The van der Waals surface area contributed by atoms with Gasteiger partial charge in [-0.2, -0.15) is 0 Å². The minimum absolute atomic E-state index is 0.109. The van der Waals surface area contributed by atoms with E-state index in [-0.39, 0.29) is 18.9 Å². The summed E-state index contributed by atoms with van der Waals surface area (Å²) >= 11 is 3.29. The van der Waals surface area contributed by atoms with Crippen LogP contribution in [0.2, 0.25) is 0 Å². The maximum Gasteiger partial charge on any atom is 0.408 e. The van der Waals surface area contributed by atoms with Crippen LogP contribution in [0.5, 0.6) is 0 Å². The fourth-order valence-electron chi connectivity index (χ4n) is 1.88. The first-order chi connectivity index (χ1) is 8.59. The van der Waals surface area contributed by atoms with E-state index < -0.39 is 12.1 Å². The van der Waals surface area contributed by atoms with Crippen molar-refractivity contribution in [2.45, 2.75) is 6.04 Å². The van der Waals surface area contributed by atoms with Crippen molar-refractivity contribution < 1.29 is 19.4 Å². The van der Waals surface area contributed by atoms with Crippen LogP contribution in [0, 0.1) is 0 Å². The molecule has 0 aromatic heterocycles. The van der Waals surface area contributed by atoms with Crippen molar-refractivity contribution in [3.63, 3.8) is 0 Å². The van der Waals surface area contributed by atoms with E-state index in [0.29, 0.717) is 12.2 Å². The number of carbonyl (C=O) groups is 2. The quantitative estimate of drug-likeness (QED) is 0.848. The van der Waals surface area contributed by atoms with Crippen LogP contribution in [0.1, 0.15) is 10.4 Å². The molecule has 1 atom stereocenters. The Hall–Kier alpha value is -1.40. The van der Waals surface area contributed by atoms with E-state index in [4.69, 9.17) is 9.84 Å². The lowest BCUT2D eigenvalue weighted by Gasteiger charge is -2.32. The molecule has 1 aromatic rings. The van der Waals surface area contributed by atoms with Crippen molar-refractivity contribution >= 4 is 27.8 Å². The van der Waals surface area contributed by atoms with Gasteiger partial charge in [0.25, 0.3) is 0 Å². The van der Waals surface area contributed by atoms with Gasteiger partial charge >= 0.3 is 6.09 Å². The molecule has 1 saturated heterocycles. The third-order valence-electron chi connectivity index (χ3n) is 2.79. The molecule has 6 heteroatoms. The molecule has 1 unspecified atom stereocenters. The Bertz CT molecular complexity index is 477. The van der Waals surface area contributed by atoms with E-state index in [1.807, 2.05) is 6.07 Å². The second-order valence-corrected chi connectivity index (χ2v) is 4.86. The van der Waals surface area contributed by atoms with Crippen LogP contribution in [0.15, 0.2) is 28.7 Å². The molecular formula is C12H12BrNO4. The van der Waals surface area contributed by atoms with Crippen LogP contribution in [0.4, 0.5) is 4.79 Å². The highest BCUT2D eigenvalue weighted by atomic mass is 79.9. The molecule has 0 bridgehead atoms. The van der Waals surface area contributed by atoms with Gasteiger partial charge in [-0.15, -0.1) is 0 Å². The van der Waals surface area contributed by atoms with E-state index in [1.165, 1.54) is 0 Å². The van der Waals surface area contributed by atoms with Gasteiger partial charge in [0.15, 0.2) is 5.78 Å². The van der Waals surface area contributed by atoms with Crippen molar-refractivity contribution in [3.8, 4) is 0 Å². The molecule has 1 aromatic carbocycles. The van der Waals surface area contributed by atoms with Gasteiger partial charge in [0, 0.05) is 16.6 Å². The zero-order chi connectivity index (χ0) is 13.1. The number of benzene rings is 1. The van der Waals surface area contributed by atoms with Crippen LogP contribution >= 0.6 is 15.9 Å². The van der Waals surface area contributed by atoms with E-state index in [2.05, 4.69) is 15.9 Å². The molecule has 0 radical (unpaired) electrons. The van der Waals surface area contributed by atoms with E-state index in [1.54, 1.807) is 18.2 Å². The molecule has 0 aliphatic carbocycles. The lowest BCUT2D eigenvalue weighted by atomic mass is 10.0. The van der Waals surface area contributed by atoms with E-state index in [0.717, 1.165) is 9.37 Å². The summed E-state index contributed by atoms with van der Waals surface area (Å²) < 4.78 is 5.98. The zero-order valence-electron chi connectivity index (χ0n) is 9.51. The molecule has 1 fully saturated rings. The summed E-state index contributed by atoms with van der Waals surface area (Å²) in [6.07, 6.45) is -1.09.